The zero-order chi connectivity index (χ0) is 9.14. The second-order valence-corrected chi connectivity index (χ2v) is 3.87. The zero-order valence-electron chi connectivity index (χ0n) is 7.49. The highest BCUT2D eigenvalue weighted by Gasteiger charge is 2.27. The van der Waals surface area contributed by atoms with Crippen molar-refractivity contribution in [2.75, 3.05) is 0 Å². The fourth-order valence-electron chi connectivity index (χ4n) is 1.83. The molecule has 1 saturated carbocycles. The number of aliphatic hydroxyl groups excluding tert-OH is 1. The minimum atomic E-state index is -0.919. The van der Waals surface area contributed by atoms with Gasteiger partial charge in [-0.25, -0.2) is 0 Å². The van der Waals surface area contributed by atoms with Gasteiger partial charge in [0, 0.05) is 0 Å². The van der Waals surface area contributed by atoms with Gasteiger partial charge in [-0.15, -0.1) is 0 Å². The van der Waals surface area contributed by atoms with Crippen LogP contribution in [0.4, 0.5) is 0 Å². The molecular weight excluding hydrogens is 154 g/mol. The number of rotatable bonds is 2. The lowest BCUT2D eigenvalue weighted by Crippen LogP contribution is -2.36. The molecule has 1 aliphatic rings. The Morgan fingerprint density at radius 1 is 1.42 bits per heavy atom. The van der Waals surface area contributed by atoms with Crippen LogP contribution in [0.5, 0.6) is 0 Å². The summed E-state index contributed by atoms with van der Waals surface area (Å²) in [5, 5.41) is 9.36. The molecule has 0 bridgehead atoms. The predicted octanol–water partition coefficient (Wildman–Crippen LogP) is 0.659. The molecule has 1 rings (SSSR count). The van der Waals surface area contributed by atoms with Crippen LogP contribution in [-0.2, 0) is 4.79 Å². The van der Waals surface area contributed by atoms with Crippen LogP contribution in [0, 0.1) is 11.8 Å². The Hall–Kier alpha value is -0.570. The first kappa shape index (κ1) is 9.52. The first-order valence-electron chi connectivity index (χ1n) is 4.58. The van der Waals surface area contributed by atoms with Gasteiger partial charge in [0.05, 0.1) is 0 Å². The number of primary amides is 1. The van der Waals surface area contributed by atoms with E-state index >= 15 is 0 Å². The highest BCUT2D eigenvalue weighted by molar-refractivity contribution is 5.78. The van der Waals surface area contributed by atoms with Crippen molar-refractivity contribution in [2.45, 2.75) is 38.7 Å². The number of carbonyl (C=O) groups excluding carboxylic acids is 1. The Balaban J connectivity index is 2.39. The van der Waals surface area contributed by atoms with E-state index in [4.69, 9.17) is 5.73 Å². The van der Waals surface area contributed by atoms with Crippen LogP contribution in [0.2, 0.25) is 0 Å². The number of aliphatic hydroxyl groups is 1. The van der Waals surface area contributed by atoms with Crippen LogP contribution in [0.1, 0.15) is 32.6 Å². The lowest BCUT2D eigenvalue weighted by molar-refractivity contribution is -0.129. The van der Waals surface area contributed by atoms with Crippen molar-refractivity contribution in [3.05, 3.63) is 0 Å². The standard InChI is InChI=1S/C9H17NO2/c1-6-2-4-7(5-3-6)8(11)9(10)12/h6-8,11H,2-5H2,1H3,(H2,10,12). The lowest BCUT2D eigenvalue weighted by atomic mass is 9.80. The zero-order valence-corrected chi connectivity index (χ0v) is 7.49. The second kappa shape index (κ2) is 3.90. The molecule has 70 valence electrons. The molecule has 3 N–H and O–H groups in total. The first-order valence-corrected chi connectivity index (χ1v) is 4.58. The summed E-state index contributed by atoms with van der Waals surface area (Å²) >= 11 is 0. The molecule has 0 heterocycles. The smallest absolute Gasteiger partial charge is 0.246 e. The van der Waals surface area contributed by atoms with Gasteiger partial charge in [-0.05, 0) is 24.7 Å². The summed E-state index contributed by atoms with van der Waals surface area (Å²) in [6, 6.07) is 0. The van der Waals surface area contributed by atoms with Gasteiger partial charge in [-0.1, -0.05) is 19.8 Å². The number of amides is 1. The van der Waals surface area contributed by atoms with Gasteiger partial charge in [0.1, 0.15) is 6.10 Å². The summed E-state index contributed by atoms with van der Waals surface area (Å²) in [4.78, 5) is 10.7. The molecule has 0 radical (unpaired) electrons. The number of hydrogen-bond acceptors (Lipinski definition) is 2. The van der Waals surface area contributed by atoms with E-state index in [1.165, 1.54) is 0 Å². The van der Waals surface area contributed by atoms with Gasteiger partial charge < -0.3 is 10.8 Å². The molecule has 0 aromatic carbocycles. The van der Waals surface area contributed by atoms with E-state index in [9.17, 15) is 9.90 Å². The molecule has 1 fully saturated rings. The molecule has 0 spiro atoms. The monoisotopic (exact) mass is 171 g/mol. The Morgan fingerprint density at radius 2 is 1.92 bits per heavy atom. The highest BCUT2D eigenvalue weighted by atomic mass is 16.3. The largest absolute Gasteiger partial charge is 0.383 e. The fraction of sp³-hybridized carbons (Fsp3) is 0.889. The molecule has 3 nitrogen and oxygen atoms in total. The molecule has 0 aliphatic heterocycles. The average Bonchev–Trinajstić information content (AvgIpc) is 2.04. The highest BCUT2D eigenvalue weighted by Crippen LogP contribution is 2.30. The van der Waals surface area contributed by atoms with E-state index in [0.717, 1.165) is 31.6 Å². The third-order valence-corrected chi connectivity index (χ3v) is 2.80. The first-order chi connectivity index (χ1) is 5.61. The van der Waals surface area contributed by atoms with Gasteiger partial charge in [0.15, 0.2) is 0 Å². The Bertz CT molecular complexity index is 162. The quantitative estimate of drug-likeness (QED) is 0.641. The topological polar surface area (TPSA) is 63.3 Å². The number of carbonyl (C=O) groups is 1. The molecule has 1 atom stereocenters. The number of nitrogens with two attached hydrogens (primary N) is 1. The normalized spacial score (nSPS) is 32.8. The van der Waals surface area contributed by atoms with E-state index < -0.39 is 12.0 Å². The predicted molar refractivity (Wildman–Crippen MR) is 46.3 cm³/mol. The maximum Gasteiger partial charge on any atom is 0.246 e. The third kappa shape index (κ3) is 2.21. The van der Waals surface area contributed by atoms with Gasteiger partial charge in [0.25, 0.3) is 0 Å². The van der Waals surface area contributed by atoms with Crippen molar-refractivity contribution in [2.24, 2.45) is 17.6 Å². The Kier molecular flexibility index (Phi) is 3.09. The molecule has 12 heavy (non-hydrogen) atoms. The van der Waals surface area contributed by atoms with Gasteiger partial charge >= 0.3 is 0 Å². The Morgan fingerprint density at radius 3 is 2.33 bits per heavy atom. The Labute approximate surface area is 72.9 Å². The lowest BCUT2D eigenvalue weighted by Gasteiger charge is -2.28. The van der Waals surface area contributed by atoms with Crippen molar-refractivity contribution in [3.8, 4) is 0 Å². The summed E-state index contributed by atoms with van der Waals surface area (Å²) < 4.78 is 0. The van der Waals surface area contributed by atoms with Crippen LogP contribution in [0.25, 0.3) is 0 Å². The van der Waals surface area contributed by atoms with Crippen molar-refractivity contribution in [1.29, 1.82) is 0 Å². The van der Waals surface area contributed by atoms with Crippen LogP contribution in [0.15, 0.2) is 0 Å². The second-order valence-electron chi connectivity index (χ2n) is 3.87. The van der Waals surface area contributed by atoms with E-state index in [1.807, 2.05) is 0 Å². The summed E-state index contributed by atoms with van der Waals surface area (Å²) in [6.07, 6.45) is 3.16. The van der Waals surface area contributed by atoms with Gasteiger partial charge in [-0.3, -0.25) is 4.79 Å². The van der Waals surface area contributed by atoms with Crippen molar-refractivity contribution >= 4 is 5.91 Å². The van der Waals surface area contributed by atoms with Crippen LogP contribution in [0.3, 0.4) is 0 Å². The van der Waals surface area contributed by atoms with E-state index in [0.29, 0.717) is 0 Å². The molecule has 1 aliphatic carbocycles. The average molecular weight is 171 g/mol. The van der Waals surface area contributed by atoms with Crippen LogP contribution in [-0.4, -0.2) is 17.1 Å². The van der Waals surface area contributed by atoms with Crippen molar-refractivity contribution < 1.29 is 9.90 Å². The van der Waals surface area contributed by atoms with Crippen molar-refractivity contribution in [3.63, 3.8) is 0 Å². The van der Waals surface area contributed by atoms with Crippen LogP contribution >= 0.6 is 0 Å². The fourth-order valence-corrected chi connectivity index (χ4v) is 1.83. The van der Waals surface area contributed by atoms with Gasteiger partial charge in [0.2, 0.25) is 5.91 Å². The van der Waals surface area contributed by atoms with Gasteiger partial charge in [-0.2, -0.15) is 0 Å². The minimum Gasteiger partial charge on any atom is -0.383 e. The maximum absolute atomic E-state index is 10.7. The molecule has 0 aromatic rings. The van der Waals surface area contributed by atoms with E-state index in [2.05, 4.69) is 6.92 Å². The summed E-state index contributed by atoms with van der Waals surface area (Å²) in [7, 11) is 0. The molecule has 1 unspecified atom stereocenters. The molecule has 0 aromatic heterocycles. The summed E-state index contributed by atoms with van der Waals surface area (Å²) in [6.45, 7) is 2.20. The molecule has 1 amide bonds. The molecule has 3 heteroatoms. The maximum atomic E-state index is 10.7. The summed E-state index contributed by atoms with van der Waals surface area (Å²) in [5.41, 5.74) is 5.01. The summed E-state index contributed by atoms with van der Waals surface area (Å²) in [5.74, 6) is 0.273. The molecular formula is C9H17NO2. The minimum absolute atomic E-state index is 0.110. The molecule has 0 saturated heterocycles. The van der Waals surface area contributed by atoms with E-state index in [1.54, 1.807) is 0 Å². The SMILES string of the molecule is CC1CCC(C(O)C(N)=O)CC1. The number of hydrogen-bond donors (Lipinski definition) is 2. The van der Waals surface area contributed by atoms with Crippen LogP contribution < -0.4 is 5.73 Å². The third-order valence-electron chi connectivity index (χ3n) is 2.80. The van der Waals surface area contributed by atoms with Crippen molar-refractivity contribution in [1.82, 2.24) is 0 Å². The van der Waals surface area contributed by atoms with E-state index in [-0.39, 0.29) is 5.92 Å².